The van der Waals surface area contributed by atoms with E-state index in [0.717, 1.165) is 5.56 Å². The van der Waals surface area contributed by atoms with E-state index < -0.39 is 0 Å². The average molecular weight is 231 g/mol. The molecule has 0 heterocycles. The molecule has 0 N–H and O–H groups in total. The van der Waals surface area contributed by atoms with E-state index in [1.807, 2.05) is 18.2 Å². The first-order valence-corrected chi connectivity index (χ1v) is 5.25. The molecule has 0 saturated carbocycles. The smallest absolute Gasteiger partial charge is 0.306 e. The molecule has 0 aromatic heterocycles. The van der Waals surface area contributed by atoms with Gasteiger partial charge in [0, 0.05) is 16.3 Å². The fourth-order valence-electron chi connectivity index (χ4n) is 0.937. The third-order valence-electron chi connectivity index (χ3n) is 1.66. The monoisotopic (exact) mass is 230 g/mol. The van der Waals surface area contributed by atoms with Crippen LogP contribution in [-0.2, 0) is 16.1 Å². The van der Waals surface area contributed by atoms with E-state index in [9.17, 15) is 4.79 Å². The summed E-state index contributed by atoms with van der Waals surface area (Å²) in [5, 5.41) is 0.617. The zero-order chi connectivity index (χ0) is 10.4. The Morgan fingerprint density at radius 3 is 2.79 bits per heavy atom. The van der Waals surface area contributed by atoms with Gasteiger partial charge in [0.1, 0.15) is 6.61 Å². The van der Waals surface area contributed by atoms with Gasteiger partial charge in [0.2, 0.25) is 0 Å². The van der Waals surface area contributed by atoms with Crippen molar-refractivity contribution in [1.82, 2.24) is 0 Å². The van der Waals surface area contributed by atoms with Crippen LogP contribution >= 0.6 is 24.2 Å². The van der Waals surface area contributed by atoms with E-state index in [-0.39, 0.29) is 12.6 Å². The summed E-state index contributed by atoms with van der Waals surface area (Å²) >= 11 is 9.81. The van der Waals surface area contributed by atoms with Crippen LogP contribution < -0.4 is 0 Å². The fraction of sp³-hybridized carbons (Fsp3) is 0.300. The SMILES string of the molecule is O=C(CCS)OCc1ccccc1Cl. The van der Waals surface area contributed by atoms with Gasteiger partial charge in [-0.15, -0.1) is 0 Å². The van der Waals surface area contributed by atoms with Gasteiger partial charge in [-0.2, -0.15) is 12.6 Å². The van der Waals surface area contributed by atoms with E-state index in [2.05, 4.69) is 12.6 Å². The van der Waals surface area contributed by atoms with Crippen LogP contribution in [0.4, 0.5) is 0 Å². The number of halogens is 1. The molecule has 0 bridgehead atoms. The summed E-state index contributed by atoms with van der Waals surface area (Å²) in [5.41, 5.74) is 0.821. The van der Waals surface area contributed by atoms with E-state index >= 15 is 0 Å². The van der Waals surface area contributed by atoms with E-state index in [0.29, 0.717) is 17.2 Å². The van der Waals surface area contributed by atoms with Crippen LogP contribution in [0.5, 0.6) is 0 Å². The molecule has 1 aromatic carbocycles. The number of carbonyl (C=O) groups excluding carboxylic acids is 1. The lowest BCUT2D eigenvalue weighted by atomic mass is 10.2. The summed E-state index contributed by atoms with van der Waals surface area (Å²) in [6.45, 7) is 0.228. The molecule has 0 aliphatic heterocycles. The fourth-order valence-corrected chi connectivity index (χ4v) is 1.31. The molecule has 76 valence electrons. The van der Waals surface area contributed by atoms with Crippen LogP contribution in [-0.4, -0.2) is 11.7 Å². The summed E-state index contributed by atoms with van der Waals surface area (Å²) in [4.78, 5) is 11.0. The van der Waals surface area contributed by atoms with Crippen LogP contribution in [0.3, 0.4) is 0 Å². The lowest BCUT2D eigenvalue weighted by Gasteiger charge is -2.05. The molecule has 0 radical (unpaired) electrons. The first-order valence-electron chi connectivity index (χ1n) is 4.24. The van der Waals surface area contributed by atoms with Crippen LogP contribution in [0.15, 0.2) is 24.3 Å². The van der Waals surface area contributed by atoms with Gasteiger partial charge in [0.05, 0.1) is 6.42 Å². The van der Waals surface area contributed by atoms with E-state index in [1.165, 1.54) is 0 Å². The van der Waals surface area contributed by atoms with Gasteiger partial charge in [-0.3, -0.25) is 4.79 Å². The molecule has 2 nitrogen and oxygen atoms in total. The number of benzene rings is 1. The summed E-state index contributed by atoms with van der Waals surface area (Å²) in [6, 6.07) is 7.29. The lowest BCUT2D eigenvalue weighted by molar-refractivity contribution is -0.144. The number of carbonyl (C=O) groups is 1. The molecule has 0 spiro atoms. The topological polar surface area (TPSA) is 26.3 Å². The minimum Gasteiger partial charge on any atom is -0.461 e. The van der Waals surface area contributed by atoms with Crippen molar-refractivity contribution in [2.24, 2.45) is 0 Å². The number of esters is 1. The largest absolute Gasteiger partial charge is 0.461 e. The number of thiol groups is 1. The van der Waals surface area contributed by atoms with Gasteiger partial charge in [0.25, 0.3) is 0 Å². The Balaban J connectivity index is 2.46. The molecule has 0 unspecified atom stereocenters. The van der Waals surface area contributed by atoms with Crippen molar-refractivity contribution in [2.45, 2.75) is 13.0 Å². The van der Waals surface area contributed by atoms with Crippen LogP contribution in [0, 0.1) is 0 Å². The van der Waals surface area contributed by atoms with Crippen LogP contribution in [0.25, 0.3) is 0 Å². The van der Waals surface area contributed by atoms with Gasteiger partial charge < -0.3 is 4.74 Å². The van der Waals surface area contributed by atoms with E-state index in [4.69, 9.17) is 16.3 Å². The normalized spacial score (nSPS) is 9.86. The molecule has 4 heteroatoms. The molecule has 0 fully saturated rings. The predicted molar refractivity (Wildman–Crippen MR) is 59.7 cm³/mol. The maximum atomic E-state index is 11.0. The molecule has 0 aliphatic rings. The number of ether oxygens (including phenoxy) is 1. The highest BCUT2D eigenvalue weighted by molar-refractivity contribution is 7.80. The summed E-state index contributed by atoms with van der Waals surface area (Å²) in [6.07, 6.45) is 0.327. The third kappa shape index (κ3) is 3.60. The van der Waals surface area contributed by atoms with Crippen molar-refractivity contribution in [1.29, 1.82) is 0 Å². The molecular formula is C10H11ClO2S. The third-order valence-corrected chi connectivity index (χ3v) is 2.25. The highest BCUT2D eigenvalue weighted by atomic mass is 35.5. The van der Waals surface area contributed by atoms with Crippen molar-refractivity contribution in [2.75, 3.05) is 5.75 Å². The highest BCUT2D eigenvalue weighted by Crippen LogP contribution is 2.15. The van der Waals surface area contributed by atoms with Gasteiger partial charge in [-0.1, -0.05) is 29.8 Å². The molecule has 14 heavy (non-hydrogen) atoms. The first-order chi connectivity index (χ1) is 6.74. The standard InChI is InChI=1S/C10H11ClO2S/c11-9-4-2-1-3-8(9)7-13-10(12)5-6-14/h1-4,14H,5-7H2. The Kier molecular flexibility index (Phi) is 4.84. The number of hydrogen-bond acceptors (Lipinski definition) is 3. The molecule has 0 saturated heterocycles. The van der Waals surface area contributed by atoms with Crippen molar-refractivity contribution < 1.29 is 9.53 Å². The second-order valence-corrected chi connectivity index (χ2v) is 3.58. The Morgan fingerprint density at radius 2 is 2.14 bits per heavy atom. The van der Waals surface area contributed by atoms with Gasteiger partial charge >= 0.3 is 5.97 Å². The maximum absolute atomic E-state index is 11.0. The highest BCUT2D eigenvalue weighted by Gasteiger charge is 2.03. The predicted octanol–water partition coefficient (Wildman–Crippen LogP) is 2.70. The van der Waals surface area contributed by atoms with Crippen molar-refractivity contribution in [3.63, 3.8) is 0 Å². The van der Waals surface area contributed by atoms with Crippen molar-refractivity contribution in [3.05, 3.63) is 34.9 Å². The second-order valence-electron chi connectivity index (χ2n) is 2.73. The van der Waals surface area contributed by atoms with E-state index in [1.54, 1.807) is 6.07 Å². The first kappa shape index (κ1) is 11.4. The zero-order valence-electron chi connectivity index (χ0n) is 7.57. The Bertz CT molecular complexity index is 315. The zero-order valence-corrected chi connectivity index (χ0v) is 9.22. The Hall–Kier alpha value is -0.670. The molecular weight excluding hydrogens is 220 g/mol. The average Bonchev–Trinajstić information content (AvgIpc) is 2.17. The van der Waals surface area contributed by atoms with Crippen molar-refractivity contribution in [3.8, 4) is 0 Å². The Labute approximate surface area is 93.6 Å². The minimum atomic E-state index is -0.250. The summed E-state index contributed by atoms with van der Waals surface area (Å²) in [5.74, 6) is 0.251. The maximum Gasteiger partial charge on any atom is 0.306 e. The molecule has 0 aliphatic carbocycles. The molecule has 0 amide bonds. The molecule has 0 atom stereocenters. The molecule has 1 aromatic rings. The van der Waals surface area contributed by atoms with Gasteiger partial charge in [-0.05, 0) is 6.07 Å². The van der Waals surface area contributed by atoms with Crippen LogP contribution in [0.2, 0.25) is 5.02 Å². The number of rotatable bonds is 4. The minimum absolute atomic E-state index is 0.228. The number of hydrogen-bond donors (Lipinski definition) is 1. The summed E-state index contributed by atoms with van der Waals surface area (Å²) < 4.78 is 4.98. The van der Waals surface area contributed by atoms with Crippen molar-refractivity contribution >= 4 is 30.2 Å². The second kappa shape index (κ2) is 5.94. The quantitative estimate of drug-likeness (QED) is 0.636. The Morgan fingerprint density at radius 1 is 1.43 bits per heavy atom. The van der Waals surface area contributed by atoms with Gasteiger partial charge in [0.15, 0.2) is 0 Å². The molecule has 1 rings (SSSR count). The van der Waals surface area contributed by atoms with Gasteiger partial charge in [-0.25, -0.2) is 0 Å². The van der Waals surface area contributed by atoms with Crippen LogP contribution in [0.1, 0.15) is 12.0 Å². The summed E-state index contributed by atoms with van der Waals surface area (Å²) in [7, 11) is 0. The lowest BCUT2D eigenvalue weighted by Crippen LogP contribution is -2.05.